The van der Waals surface area contributed by atoms with Gasteiger partial charge in [0.1, 0.15) is 6.61 Å². The Morgan fingerprint density at radius 1 is 1.06 bits per heavy atom. The van der Waals surface area contributed by atoms with Crippen molar-refractivity contribution >= 4 is 11.9 Å². The molecule has 0 N–H and O–H groups in total. The van der Waals surface area contributed by atoms with Crippen LogP contribution in [0, 0.1) is 6.42 Å². The van der Waals surface area contributed by atoms with Crippen molar-refractivity contribution in [3.63, 3.8) is 0 Å². The molecule has 0 saturated carbocycles. The first-order valence-electron chi connectivity index (χ1n) is 5.89. The van der Waals surface area contributed by atoms with Gasteiger partial charge in [-0.2, -0.15) is 0 Å². The summed E-state index contributed by atoms with van der Waals surface area (Å²) in [4.78, 5) is 22.3. The molecule has 0 aliphatic heterocycles. The van der Waals surface area contributed by atoms with Gasteiger partial charge in [-0.1, -0.05) is 30.3 Å². The van der Waals surface area contributed by atoms with Crippen LogP contribution in [0.4, 0.5) is 0 Å². The van der Waals surface area contributed by atoms with Crippen LogP contribution in [0.25, 0.3) is 0 Å². The largest absolute Gasteiger partial charge is 0.466 e. The predicted molar refractivity (Wildman–Crippen MR) is 66.4 cm³/mol. The third-order valence-corrected chi connectivity index (χ3v) is 2.17. The number of benzene rings is 1. The average Bonchev–Trinajstić information content (AvgIpc) is 2.38. The van der Waals surface area contributed by atoms with Crippen molar-refractivity contribution in [1.29, 1.82) is 0 Å². The Bertz CT molecular complexity index is 373. The molecule has 1 aromatic carbocycles. The number of carbonyl (C=O) groups is 2. The van der Waals surface area contributed by atoms with Crippen molar-refractivity contribution in [2.45, 2.75) is 26.4 Å². The van der Waals surface area contributed by atoms with E-state index in [1.54, 1.807) is 13.3 Å². The molecule has 4 heteroatoms. The molecule has 0 aliphatic carbocycles. The Kier molecular flexibility index (Phi) is 6.54. The summed E-state index contributed by atoms with van der Waals surface area (Å²) in [5.41, 5.74) is 0.941. The molecule has 0 atom stereocenters. The van der Waals surface area contributed by atoms with Crippen molar-refractivity contribution in [3.05, 3.63) is 42.3 Å². The predicted octanol–water partition coefficient (Wildman–Crippen LogP) is 2.28. The number of esters is 2. The van der Waals surface area contributed by atoms with E-state index in [0.29, 0.717) is 6.61 Å². The number of hydrogen-bond donors (Lipinski definition) is 0. The molecule has 18 heavy (non-hydrogen) atoms. The quantitative estimate of drug-likeness (QED) is 0.696. The van der Waals surface area contributed by atoms with Crippen LogP contribution in [0.15, 0.2) is 30.3 Å². The second kappa shape index (κ2) is 8.28. The molecule has 0 heterocycles. The first-order chi connectivity index (χ1) is 8.72. The molecule has 97 valence electrons. The normalized spacial score (nSPS) is 9.83. The van der Waals surface area contributed by atoms with Crippen molar-refractivity contribution in [2.24, 2.45) is 0 Å². The molecule has 0 amide bonds. The lowest BCUT2D eigenvalue weighted by molar-refractivity contribution is -0.144. The van der Waals surface area contributed by atoms with Crippen LogP contribution in [-0.2, 0) is 25.7 Å². The van der Waals surface area contributed by atoms with Crippen LogP contribution in [-0.4, -0.2) is 18.5 Å². The minimum atomic E-state index is -0.344. The molecule has 0 fully saturated rings. The van der Waals surface area contributed by atoms with Crippen LogP contribution in [0.3, 0.4) is 0 Å². The van der Waals surface area contributed by atoms with E-state index in [-0.39, 0.29) is 31.4 Å². The van der Waals surface area contributed by atoms with Crippen LogP contribution in [0.2, 0.25) is 0 Å². The van der Waals surface area contributed by atoms with Gasteiger partial charge in [0.05, 0.1) is 6.61 Å². The van der Waals surface area contributed by atoms with Crippen LogP contribution < -0.4 is 0 Å². The second-order valence-electron chi connectivity index (χ2n) is 3.65. The van der Waals surface area contributed by atoms with Gasteiger partial charge < -0.3 is 9.47 Å². The number of rotatable bonds is 7. The van der Waals surface area contributed by atoms with Gasteiger partial charge in [0.2, 0.25) is 0 Å². The molecule has 0 aliphatic rings. The summed E-state index contributed by atoms with van der Waals surface area (Å²) in [6.07, 6.45) is 1.81. The lowest BCUT2D eigenvalue weighted by Crippen LogP contribution is -2.08. The molecular formula is C14H17O4. The summed E-state index contributed by atoms with van der Waals surface area (Å²) in [5, 5.41) is 0. The van der Waals surface area contributed by atoms with Gasteiger partial charge in [0, 0.05) is 12.8 Å². The molecule has 1 rings (SSSR count). The molecule has 1 radical (unpaired) electrons. The molecule has 0 spiro atoms. The maximum absolute atomic E-state index is 11.4. The van der Waals surface area contributed by atoms with E-state index >= 15 is 0 Å². The Morgan fingerprint density at radius 3 is 2.28 bits per heavy atom. The summed E-state index contributed by atoms with van der Waals surface area (Å²) in [6.45, 7) is 2.35. The molecular weight excluding hydrogens is 232 g/mol. The monoisotopic (exact) mass is 249 g/mol. The summed E-state index contributed by atoms with van der Waals surface area (Å²) >= 11 is 0. The van der Waals surface area contributed by atoms with Crippen molar-refractivity contribution in [2.75, 3.05) is 6.61 Å². The molecule has 0 unspecified atom stereocenters. The molecule has 1 aromatic rings. The fourth-order valence-electron chi connectivity index (χ4n) is 1.32. The zero-order valence-electron chi connectivity index (χ0n) is 10.4. The summed E-state index contributed by atoms with van der Waals surface area (Å²) in [7, 11) is 0. The fraction of sp³-hybridized carbons (Fsp3) is 0.357. The Hall–Kier alpha value is -1.84. The number of hydrogen-bond acceptors (Lipinski definition) is 4. The van der Waals surface area contributed by atoms with Gasteiger partial charge in [0.25, 0.3) is 0 Å². The van der Waals surface area contributed by atoms with Crippen molar-refractivity contribution in [1.82, 2.24) is 0 Å². The topological polar surface area (TPSA) is 52.6 Å². The SMILES string of the molecule is CCOC(=O)C[CH]CC(=O)OCc1ccccc1. The van der Waals surface area contributed by atoms with Gasteiger partial charge in [0.15, 0.2) is 0 Å². The third kappa shape index (κ3) is 6.03. The molecule has 0 aromatic heterocycles. The minimum absolute atomic E-state index is 0.117. The summed E-state index contributed by atoms with van der Waals surface area (Å²) in [6, 6.07) is 9.44. The van der Waals surface area contributed by atoms with Gasteiger partial charge in [-0.15, -0.1) is 0 Å². The van der Waals surface area contributed by atoms with Crippen molar-refractivity contribution in [3.8, 4) is 0 Å². The fourth-order valence-corrected chi connectivity index (χ4v) is 1.32. The standard InChI is InChI=1S/C14H17O4/c1-2-17-13(15)9-6-10-14(16)18-11-12-7-4-3-5-8-12/h3-8H,2,9-11H2,1H3. The van der Waals surface area contributed by atoms with Crippen LogP contribution in [0.5, 0.6) is 0 Å². The highest BCUT2D eigenvalue weighted by molar-refractivity contribution is 5.74. The van der Waals surface area contributed by atoms with E-state index in [0.717, 1.165) is 5.56 Å². The highest BCUT2D eigenvalue weighted by Gasteiger charge is 2.07. The number of ether oxygens (including phenoxy) is 2. The summed E-state index contributed by atoms with van der Waals surface area (Å²) < 4.78 is 9.78. The highest BCUT2D eigenvalue weighted by Crippen LogP contribution is 2.03. The lowest BCUT2D eigenvalue weighted by Gasteiger charge is -2.04. The summed E-state index contributed by atoms with van der Waals surface area (Å²) in [5.74, 6) is -0.670. The Balaban J connectivity index is 2.13. The molecule has 0 saturated heterocycles. The highest BCUT2D eigenvalue weighted by atomic mass is 16.5. The Morgan fingerprint density at radius 2 is 1.67 bits per heavy atom. The van der Waals surface area contributed by atoms with E-state index in [4.69, 9.17) is 9.47 Å². The number of carbonyl (C=O) groups excluding carboxylic acids is 2. The van der Waals surface area contributed by atoms with E-state index in [9.17, 15) is 9.59 Å². The van der Waals surface area contributed by atoms with E-state index in [1.807, 2.05) is 30.3 Å². The van der Waals surface area contributed by atoms with Gasteiger partial charge in [-0.3, -0.25) is 9.59 Å². The van der Waals surface area contributed by atoms with Gasteiger partial charge in [-0.05, 0) is 18.9 Å². The first-order valence-corrected chi connectivity index (χ1v) is 5.89. The maximum Gasteiger partial charge on any atom is 0.306 e. The van der Waals surface area contributed by atoms with E-state index in [1.165, 1.54) is 0 Å². The van der Waals surface area contributed by atoms with Gasteiger partial charge in [-0.25, -0.2) is 0 Å². The minimum Gasteiger partial charge on any atom is -0.466 e. The zero-order chi connectivity index (χ0) is 13.2. The molecule has 0 bridgehead atoms. The smallest absolute Gasteiger partial charge is 0.306 e. The van der Waals surface area contributed by atoms with Gasteiger partial charge >= 0.3 is 11.9 Å². The van der Waals surface area contributed by atoms with Crippen LogP contribution >= 0.6 is 0 Å². The zero-order valence-corrected chi connectivity index (χ0v) is 10.4. The van der Waals surface area contributed by atoms with Crippen LogP contribution in [0.1, 0.15) is 25.3 Å². The molecule has 4 nitrogen and oxygen atoms in total. The maximum atomic E-state index is 11.4. The second-order valence-corrected chi connectivity index (χ2v) is 3.65. The first kappa shape index (κ1) is 14.2. The van der Waals surface area contributed by atoms with E-state index < -0.39 is 0 Å². The Labute approximate surface area is 107 Å². The van der Waals surface area contributed by atoms with E-state index in [2.05, 4.69) is 0 Å². The lowest BCUT2D eigenvalue weighted by atomic mass is 10.2. The van der Waals surface area contributed by atoms with Crippen molar-refractivity contribution < 1.29 is 19.1 Å². The average molecular weight is 249 g/mol. The third-order valence-electron chi connectivity index (χ3n) is 2.17.